The summed E-state index contributed by atoms with van der Waals surface area (Å²) in [5.41, 5.74) is 2.12. The van der Waals surface area contributed by atoms with E-state index < -0.39 is 0 Å². The first-order chi connectivity index (χ1) is 11.7. The molecule has 0 aromatic heterocycles. The van der Waals surface area contributed by atoms with Gasteiger partial charge in [0.1, 0.15) is 0 Å². The van der Waals surface area contributed by atoms with Gasteiger partial charge in [0.2, 0.25) is 0 Å². The van der Waals surface area contributed by atoms with E-state index in [0.717, 1.165) is 11.1 Å². The lowest BCUT2D eigenvalue weighted by Gasteiger charge is -2.08. The molecule has 3 aromatic carbocycles. The fourth-order valence-corrected chi connectivity index (χ4v) is 2.61. The number of esters is 1. The number of benzene rings is 3. The summed E-state index contributed by atoms with van der Waals surface area (Å²) in [5, 5.41) is 2.42. The van der Waals surface area contributed by atoms with Crippen LogP contribution in [0.4, 0.5) is 0 Å². The zero-order valence-electron chi connectivity index (χ0n) is 13.7. The Kier molecular flexibility index (Phi) is 4.62. The second kappa shape index (κ2) is 7.01. The minimum Gasteiger partial charge on any atom is -0.493 e. The zero-order valence-corrected chi connectivity index (χ0v) is 13.7. The standard InChI is InChI=1S/C21H18O3/c1-15(22)24-20-13-11-16(14-21(20)23-2)10-12-18-8-5-7-17-6-3-4-9-19(17)18/h3-14H,1-2H3/b12-10+. The third kappa shape index (κ3) is 3.46. The Hall–Kier alpha value is -3.07. The molecule has 0 spiro atoms. The van der Waals surface area contributed by atoms with Gasteiger partial charge in [0, 0.05) is 6.92 Å². The van der Waals surface area contributed by atoms with Crippen LogP contribution in [0.25, 0.3) is 22.9 Å². The SMILES string of the molecule is COc1cc(/C=C/c2cccc3ccccc23)ccc1OC(C)=O. The van der Waals surface area contributed by atoms with E-state index in [-0.39, 0.29) is 5.97 Å². The van der Waals surface area contributed by atoms with Crippen molar-refractivity contribution in [3.05, 3.63) is 71.8 Å². The van der Waals surface area contributed by atoms with Crippen molar-refractivity contribution < 1.29 is 14.3 Å². The van der Waals surface area contributed by atoms with Crippen molar-refractivity contribution in [2.75, 3.05) is 7.11 Å². The normalized spacial score (nSPS) is 10.9. The molecule has 0 radical (unpaired) electrons. The van der Waals surface area contributed by atoms with Crippen LogP contribution in [0.1, 0.15) is 18.1 Å². The third-order valence-corrected chi connectivity index (χ3v) is 3.72. The molecule has 0 atom stereocenters. The summed E-state index contributed by atoms with van der Waals surface area (Å²) in [4.78, 5) is 11.1. The maximum Gasteiger partial charge on any atom is 0.308 e. The highest BCUT2D eigenvalue weighted by molar-refractivity contribution is 5.92. The molecule has 0 N–H and O–H groups in total. The minimum absolute atomic E-state index is 0.368. The fourth-order valence-electron chi connectivity index (χ4n) is 2.61. The van der Waals surface area contributed by atoms with Crippen LogP contribution in [0.15, 0.2) is 60.7 Å². The lowest BCUT2D eigenvalue weighted by molar-refractivity contribution is -0.132. The summed E-state index contributed by atoms with van der Waals surface area (Å²) in [6, 6.07) is 20.0. The number of ether oxygens (including phenoxy) is 2. The van der Waals surface area contributed by atoms with Gasteiger partial charge >= 0.3 is 5.97 Å². The number of hydrogen-bond donors (Lipinski definition) is 0. The van der Waals surface area contributed by atoms with E-state index in [1.807, 2.05) is 36.4 Å². The molecule has 3 aromatic rings. The van der Waals surface area contributed by atoms with Crippen LogP contribution in [0.5, 0.6) is 11.5 Å². The summed E-state index contributed by atoms with van der Waals surface area (Å²) in [6.45, 7) is 1.37. The van der Waals surface area contributed by atoms with Crippen molar-refractivity contribution >= 4 is 28.9 Å². The predicted molar refractivity (Wildman–Crippen MR) is 97.2 cm³/mol. The molecule has 120 valence electrons. The monoisotopic (exact) mass is 318 g/mol. The molecule has 0 unspecified atom stereocenters. The number of hydrogen-bond acceptors (Lipinski definition) is 3. The van der Waals surface area contributed by atoms with Crippen molar-refractivity contribution in [1.29, 1.82) is 0 Å². The highest BCUT2D eigenvalue weighted by Gasteiger charge is 2.07. The average molecular weight is 318 g/mol. The van der Waals surface area contributed by atoms with Crippen molar-refractivity contribution in [2.45, 2.75) is 6.92 Å². The van der Waals surface area contributed by atoms with E-state index in [1.54, 1.807) is 13.2 Å². The number of methoxy groups -OCH3 is 1. The van der Waals surface area contributed by atoms with E-state index in [0.29, 0.717) is 11.5 Å². The van der Waals surface area contributed by atoms with Gasteiger partial charge in [-0.1, -0.05) is 60.7 Å². The molecule has 3 nitrogen and oxygen atoms in total. The van der Waals surface area contributed by atoms with Gasteiger partial charge in [0.15, 0.2) is 11.5 Å². The third-order valence-electron chi connectivity index (χ3n) is 3.72. The van der Waals surface area contributed by atoms with Crippen LogP contribution < -0.4 is 9.47 Å². The molecule has 0 saturated carbocycles. The largest absolute Gasteiger partial charge is 0.493 e. The molecule has 0 saturated heterocycles. The van der Waals surface area contributed by atoms with Gasteiger partial charge in [-0.3, -0.25) is 4.79 Å². The Morgan fingerprint density at radius 1 is 0.917 bits per heavy atom. The van der Waals surface area contributed by atoms with Gasteiger partial charge in [-0.25, -0.2) is 0 Å². The topological polar surface area (TPSA) is 35.5 Å². The number of rotatable bonds is 4. The Labute approximate surface area is 141 Å². The van der Waals surface area contributed by atoms with Gasteiger partial charge in [0.25, 0.3) is 0 Å². The molecule has 0 aliphatic heterocycles. The number of fused-ring (bicyclic) bond motifs is 1. The molecule has 0 fully saturated rings. The van der Waals surface area contributed by atoms with E-state index >= 15 is 0 Å². The first-order valence-corrected chi connectivity index (χ1v) is 7.69. The molecule has 0 amide bonds. The van der Waals surface area contributed by atoms with Crippen LogP contribution >= 0.6 is 0 Å². The van der Waals surface area contributed by atoms with Crippen molar-refractivity contribution in [1.82, 2.24) is 0 Å². The van der Waals surface area contributed by atoms with Gasteiger partial charge in [0.05, 0.1) is 7.11 Å². The molecular formula is C21H18O3. The van der Waals surface area contributed by atoms with Crippen LogP contribution in [0, 0.1) is 0 Å². The Bertz CT molecular complexity index is 905. The van der Waals surface area contributed by atoms with Gasteiger partial charge < -0.3 is 9.47 Å². The van der Waals surface area contributed by atoms with E-state index in [2.05, 4.69) is 30.3 Å². The van der Waals surface area contributed by atoms with Crippen LogP contribution in [-0.4, -0.2) is 13.1 Å². The smallest absolute Gasteiger partial charge is 0.308 e. The lowest BCUT2D eigenvalue weighted by Crippen LogP contribution is -2.02. The van der Waals surface area contributed by atoms with Crippen molar-refractivity contribution in [3.63, 3.8) is 0 Å². The van der Waals surface area contributed by atoms with E-state index in [9.17, 15) is 4.79 Å². The highest BCUT2D eigenvalue weighted by Crippen LogP contribution is 2.29. The first kappa shape index (κ1) is 15.8. The minimum atomic E-state index is -0.368. The molecule has 0 aliphatic rings. The Balaban J connectivity index is 1.92. The highest BCUT2D eigenvalue weighted by atomic mass is 16.6. The fraction of sp³-hybridized carbons (Fsp3) is 0.0952. The van der Waals surface area contributed by atoms with E-state index in [1.165, 1.54) is 17.7 Å². The second-order valence-corrected chi connectivity index (χ2v) is 5.41. The molecule has 0 heterocycles. The number of carbonyl (C=O) groups excluding carboxylic acids is 1. The molecule has 3 heteroatoms. The van der Waals surface area contributed by atoms with Crippen LogP contribution in [-0.2, 0) is 4.79 Å². The Morgan fingerprint density at radius 3 is 2.50 bits per heavy atom. The maximum absolute atomic E-state index is 11.1. The van der Waals surface area contributed by atoms with Crippen LogP contribution in [0.2, 0.25) is 0 Å². The molecule has 0 aliphatic carbocycles. The molecular weight excluding hydrogens is 300 g/mol. The molecule has 24 heavy (non-hydrogen) atoms. The van der Waals surface area contributed by atoms with Crippen molar-refractivity contribution in [2.24, 2.45) is 0 Å². The Morgan fingerprint density at radius 2 is 1.71 bits per heavy atom. The zero-order chi connectivity index (χ0) is 16.9. The molecule has 0 bridgehead atoms. The predicted octanol–water partition coefficient (Wildman–Crippen LogP) is 4.94. The molecule has 3 rings (SSSR count). The first-order valence-electron chi connectivity index (χ1n) is 7.69. The summed E-state index contributed by atoms with van der Waals surface area (Å²) in [5.74, 6) is 0.588. The summed E-state index contributed by atoms with van der Waals surface area (Å²) in [6.07, 6.45) is 4.09. The van der Waals surface area contributed by atoms with Crippen LogP contribution in [0.3, 0.4) is 0 Å². The summed E-state index contributed by atoms with van der Waals surface area (Å²) < 4.78 is 10.4. The summed E-state index contributed by atoms with van der Waals surface area (Å²) >= 11 is 0. The van der Waals surface area contributed by atoms with E-state index in [4.69, 9.17) is 9.47 Å². The summed E-state index contributed by atoms with van der Waals surface area (Å²) in [7, 11) is 1.56. The van der Waals surface area contributed by atoms with Gasteiger partial charge in [-0.15, -0.1) is 0 Å². The van der Waals surface area contributed by atoms with Gasteiger partial charge in [-0.2, -0.15) is 0 Å². The average Bonchev–Trinajstić information content (AvgIpc) is 2.60. The quantitative estimate of drug-likeness (QED) is 0.388. The van der Waals surface area contributed by atoms with Gasteiger partial charge in [-0.05, 0) is 34.0 Å². The lowest BCUT2D eigenvalue weighted by atomic mass is 10.0. The van der Waals surface area contributed by atoms with Crippen molar-refractivity contribution in [3.8, 4) is 11.5 Å². The number of carbonyl (C=O) groups is 1. The second-order valence-electron chi connectivity index (χ2n) is 5.41. The maximum atomic E-state index is 11.1.